The fourth-order valence-electron chi connectivity index (χ4n) is 3.64. The Morgan fingerprint density at radius 1 is 1.40 bits per heavy atom. The largest absolute Gasteiger partial charge is 0.771 e. The molecule has 1 unspecified atom stereocenters. The number of halogens is 2. The van der Waals surface area contributed by atoms with Gasteiger partial charge in [-0.05, 0) is 50.4 Å². The second kappa shape index (κ2) is 8.18. The van der Waals surface area contributed by atoms with Gasteiger partial charge in [0.25, 0.3) is 0 Å². The first-order chi connectivity index (χ1) is 14.3. The van der Waals surface area contributed by atoms with E-state index in [-0.39, 0.29) is 11.9 Å². The Labute approximate surface area is 180 Å². The number of nitrogens with one attached hydrogen (secondary N) is 2. The highest BCUT2D eigenvalue weighted by atomic mass is 35.5. The number of hydrogen-bond acceptors (Lipinski definition) is 7. The molecule has 2 N–H and O–H groups in total. The minimum atomic E-state index is -2.25. The van der Waals surface area contributed by atoms with E-state index in [0.717, 1.165) is 24.4 Å². The molecule has 0 radical (unpaired) electrons. The summed E-state index contributed by atoms with van der Waals surface area (Å²) in [6.07, 6.45) is 5.94. The molecule has 0 bridgehead atoms. The van der Waals surface area contributed by atoms with Crippen molar-refractivity contribution in [3.63, 3.8) is 0 Å². The summed E-state index contributed by atoms with van der Waals surface area (Å²) in [5.41, 5.74) is 1.30. The molecule has 0 aromatic carbocycles. The lowest BCUT2D eigenvalue weighted by Crippen LogP contribution is -2.54. The Hall–Kier alpha value is -2.14. The summed E-state index contributed by atoms with van der Waals surface area (Å²) in [5.74, 6) is -0.154. The van der Waals surface area contributed by atoms with Crippen molar-refractivity contribution in [3.8, 4) is 11.4 Å². The number of rotatable bonds is 5. The fraction of sp³-hybridized carbons (Fsp3) is 0.421. The van der Waals surface area contributed by atoms with Gasteiger partial charge in [-0.2, -0.15) is 0 Å². The number of pyridine rings is 1. The number of fused-ring (bicyclic) bond motifs is 1. The smallest absolute Gasteiger partial charge is 0.183 e. The number of piperidine rings is 1. The van der Waals surface area contributed by atoms with Gasteiger partial charge in [-0.15, -0.1) is 0 Å². The molecular formula is C19H21ClFN6O2S-. The lowest BCUT2D eigenvalue weighted by Gasteiger charge is -2.44. The van der Waals surface area contributed by atoms with E-state index >= 15 is 0 Å². The predicted molar refractivity (Wildman–Crippen MR) is 113 cm³/mol. The highest BCUT2D eigenvalue weighted by molar-refractivity contribution is 7.80. The summed E-state index contributed by atoms with van der Waals surface area (Å²) in [4.78, 5) is 16.6. The average molecular weight is 452 g/mol. The lowest BCUT2D eigenvalue weighted by atomic mass is 10.0. The van der Waals surface area contributed by atoms with Crippen molar-refractivity contribution < 1.29 is 13.2 Å². The van der Waals surface area contributed by atoms with Gasteiger partial charge in [0, 0.05) is 35.9 Å². The second-order valence-corrected chi connectivity index (χ2v) is 9.66. The molecule has 0 saturated carbocycles. The van der Waals surface area contributed by atoms with E-state index in [1.807, 2.05) is 4.90 Å². The summed E-state index contributed by atoms with van der Waals surface area (Å²) in [6.45, 7) is 4.46. The molecule has 30 heavy (non-hydrogen) atoms. The van der Waals surface area contributed by atoms with E-state index in [2.05, 4.69) is 25.3 Å². The van der Waals surface area contributed by atoms with E-state index in [9.17, 15) is 13.2 Å². The normalized spacial score (nSPS) is 19.2. The summed E-state index contributed by atoms with van der Waals surface area (Å²) >= 11 is 3.80. The highest BCUT2D eigenvalue weighted by Gasteiger charge is 2.32. The van der Waals surface area contributed by atoms with E-state index in [1.165, 1.54) is 6.20 Å². The third-order valence-electron chi connectivity index (χ3n) is 5.41. The maximum absolute atomic E-state index is 14.5. The van der Waals surface area contributed by atoms with Gasteiger partial charge in [-0.3, -0.25) is 9.11 Å². The molecule has 1 aliphatic heterocycles. The van der Waals surface area contributed by atoms with Crippen molar-refractivity contribution in [2.75, 3.05) is 18.4 Å². The molecule has 160 valence electrons. The maximum Gasteiger partial charge on any atom is 0.183 e. The summed E-state index contributed by atoms with van der Waals surface area (Å²) in [6, 6.07) is 1.61. The molecule has 0 aliphatic carbocycles. The Morgan fingerprint density at radius 2 is 2.20 bits per heavy atom. The molecule has 4 heterocycles. The van der Waals surface area contributed by atoms with Gasteiger partial charge in [0.15, 0.2) is 17.5 Å². The molecule has 11 heteroatoms. The minimum absolute atomic E-state index is 0.0808. The summed E-state index contributed by atoms with van der Waals surface area (Å²) in [7, 11) is 0. The molecule has 3 aromatic heterocycles. The van der Waals surface area contributed by atoms with Crippen LogP contribution in [0.25, 0.3) is 22.4 Å². The Balaban J connectivity index is 1.59. The third kappa shape index (κ3) is 4.04. The van der Waals surface area contributed by atoms with Crippen LogP contribution in [0, 0.1) is 5.82 Å². The number of aromatic amines is 1. The van der Waals surface area contributed by atoms with Crippen LogP contribution >= 0.6 is 11.6 Å². The van der Waals surface area contributed by atoms with Crippen LogP contribution in [0.3, 0.4) is 0 Å². The molecule has 4 rings (SSSR count). The molecule has 0 spiro atoms. The molecule has 3 aromatic rings. The van der Waals surface area contributed by atoms with Crippen molar-refractivity contribution in [1.29, 1.82) is 0 Å². The van der Waals surface area contributed by atoms with Crippen LogP contribution in [0.15, 0.2) is 24.7 Å². The summed E-state index contributed by atoms with van der Waals surface area (Å²) < 4.78 is 37.6. The second-order valence-electron chi connectivity index (χ2n) is 7.75. The Kier molecular flexibility index (Phi) is 5.75. The Morgan fingerprint density at radius 3 is 2.97 bits per heavy atom. The van der Waals surface area contributed by atoms with E-state index < -0.39 is 21.8 Å². The Bertz CT molecular complexity index is 1110. The monoisotopic (exact) mass is 451 g/mol. The van der Waals surface area contributed by atoms with Gasteiger partial charge in [0.05, 0.1) is 16.1 Å². The van der Waals surface area contributed by atoms with Crippen molar-refractivity contribution in [1.82, 2.24) is 24.8 Å². The molecular weight excluding hydrogens is 431 g/mol. The molecule has 0 amide bonds. The zero-order valence-corrected chi connectivity index (χ0v) is 18.1. The zero-order valence-electron chi connectivity index (χ0n) is 16.5. The van der Waals surface area contributed by atoms with Crippen LogP contribution in [0.2, 0.25) is 5.02 Å². The van der Waals surface area contributed by atoms with E-state index in [4.69, 9.17) is 11.6 Å². The SMILES string of the molecule is CC(C)(N1CCC[C@H](Nc2nc(-c3c[nH]c4ncc(Cl)cc34)ncc2F)C1)S(=O)[O-]. The topological polar surface area (TPSA) is 110 Å². The number of anilines is 1. The first-order valence-corrected chi connectivity index (χ1v) is 11.0. The van der Waals surface area contributed by atoms with Gasteiger partial charge >= 0.3 is 0 Å². The van der Waals surface area contributed by atoms with Crippen LogP contribution in [0.5, 0.6) is 0 Å². The van der Waals surface area contributed by atoms with Gasteiger partial charge in [0.1, 0.15) is 5.65 Å². The molecule has 1 fully saturated rings. The molecule has 8 nitrogen and oxygen atoms in total. The standard InChI is InChI=1S/C19H22ClFN6O2S/c1-19(2,30(28)29)27-5-3-4-12(10-27)25-18-15(21)9-24-17(26-18)14-8-23-16-13(14)6-11(20)7-22-16/h6-9,12H,3-5,10H2,1-2H3,(H,22,23)(H,28,29)(H,24,25,26)/p-1/t12-/m0/s1. The van der Waals surface area contributed by atoms with Gasteiger partial charge in [0.2, 0.25) is 0 Å². The van der Waals surface area contributed by atoms with Crippen molar-refractivity contribution >= 4 is 39.5 Å². The molecule has 1 aliphatic rings. The third-order valence-corrected chi connectivity index (χ3v) is 6.70. The lowest BCUT2D eigenvalue weighted by molar-refractivity contribution is 0.143. The van der Waals surface area contributed by atoms with E-state index in [0.29, 0.717) is 35.1 Å². The number of nitrogens with zero attached hydrogens (tertiary/aromatic N) is 4. The first kappa shape index (κ1) is 21.1. The van der Waals surface area contributed by atoms with Crippen molar-refractivity contribution in [2.24, 2.45) is 0 Å². The quantitative estimate of drug-likeness (QED) is 0.572. The first-order valence-electron chi connectivity index (χ1n) is 9.52. The van der Waals surface area contributed by atoms with Crippen LogP contribution in [-0.2, 0) is 11.1 Å². The minimum Gasteiger partial charge on any atom is -0.771 e. The van der Waals surface area contributed by atoms with Crippen LogP contribution in [0.4, 0.5) is 10.2 Å². The molecule has 1 saturated heterocycles. The zero-order chi connectivity index (χ0) is 21.5. The van der Waals surface area contributed by atoms with Crippen LogP contribution in [0.1, 0.15) is 26.7 Å². The van der Waals surface area contributed by atoms with Gasteiger partial charge < -0.3 is 14.9 Å². The summed E-state index contributed by atoms with van der Waals surface area (Å²) in [5, 5.41) is 4.35. The van der Waals surface area contributed by atoms with Crippen LogP contribution in [-0.4, -0.2) is 57.6 Å². The van der Waals surface area contributed by atoms with Crippen molar-refractivity contribution in [3.05, 3.63) is 35.5 Å². The maximum atomic E-state index is 14.5. The van der Waals surface area contributed by atoms with Gasteiger partial charge in [-0.25, -0.2) is 19.3 Å². The van der Waals surface area contributed by atoms with Crippen molar-refractivity contribution in [2.45, 2.75) is 37.6 Å². The molecule has 2 atom stereocenters. The van der Waals surface area contributed by atoms with Gasteiger partial charge in [-0.1, -0.05) is 11.6 Å². The number of aromatic nitrogens is 4. The number of H-pyrrole nitrogens is 1. The average Bonchev–Trinajstić information content (AvgIpc) is 3.13. The number of hydrogen-bond donors (Lipinski definition) is 2. The predicted octanol–water partition coefficient (Wildman–Crippen LogP) is 3.30. The van der Waals surface area contributed by atoms with Crippen LogP contribution < -0.4 is 5.32 Å². The number of likely N-dealkylation sites (tertiary alicyclic amines) is 1. The fourth-order valence-corrected chi connectivity index (χ4v) is 4.18. The van der Waals surface area contributed by atoms with E-state index in [1.54, 1.807) is 26.1 Å². The highest BCUT2D eigenvalue weighted by Crippen LogP contribution is 2.29.